The minimum absolute atomic E-state index is 0.0796. The first kappa shape index (κ1) is 18.2. The average molecular weight is 386 g/mol. The fourth-order valence-corrected chi connectivity index (χ4v) is 2.84. The Balaban J connectivity index is 1.55. The molecule has 11 heteroatoms. The molecule has 0 aliphatic heterocycles. The zero-order valence-electron chi connectivity index (χ0n) is 13.9. The number of amides is 3. The van der Waals surface area contributed by atoms with Crippen LogP contribution in [0.1, 0.15) is 4.88 Å². The molecule has 2 aromatic heterocycles. The van der Waals surface area contributed by atoms with Gasteiger partial charge in [-0.15, -0.1) is 11.3 Å². The number of rotatable bonds is 6. The first-order valence-electron chi connectivity index (χ1n) is 7.75. The highest BCUT2D eigenvalue weighted by Crippen LogP contribution is 2.20. The third-order valence-corrected chi connectivity index (χ3v) is 4.29. The van der Waals surface area contributed by atoms with Gasteiger partial charge in [0.1, 0.15) is 12.9 Å². The van der Waals surface area contributed by atoms with Crippen molar-refractivity contribution in [2.24, 2.45) is 0 Å². The van der Waals surface area contributed by atoms with Crippen LogP contribution in [0, 0.1) is 10.1 Å². The molecule has 1 aromatic carbocycles. The summed E-state index contributed by atoms with van der Waals surface area (Å²) in [4.78, 5) is 39.0. The second kappa shape index (κ2) is 8.19. The van der Waals surface area contributed by atoms with E-state index in [1.54, 1.807) is 6.07 Å². The molecule has 0 atom stereocenters. The molecule has 0 unspecified atom stereocenters. The van der Waals surface area contributed by atoms with Crippen LogP contribution in [0.25, 0.3) is 11.4 Å². The van der Waals surface area contributed by atoms with Crippen LogP contribution in [0.5, 0.6) is 0 Å². The maximum Gasteiger partial charge on any atom is 0.321 e. The standard InChI is InChI=1S/C16H14N6O4S/c23-14(19-16(24)17-8-13-5-2-6-27-13)9-21-10-18-15(20-21)11-3-1-4-12(7-11)22(25)26/h1-7,10H,8-9H2,(H2,17,19,23,24). The van der Waals surface area contributed by atoms with E-state index in [0.29, 0.717) is 12.1 Å². The summed E-state index contributed by atoms with van der Waals surface area (Å²) in [6.45, 7) is 0.116. The lowest BCUT2D eigenvalue weighted by Crippen LogP contribution is -2.40. The summed E-state index contributed by atoms with van der Waals surface area (Å²) in [5, 5.41) is 21.6. The van der Waals surface area contributed by atoms with Gasteiger partial charge >= 0.3 is 6.03 Å². The Morgan fingerprint density at radius 2 is 2.11 bits per heavy atom. The summed E-state index contributed by atoms with van der Waals surface area (Å²) in [5.41, 5.74) is 0.376. The molecular weight excluding hydrogens is 372 g/mol. The largest absolute Gasteiger partial charge is 0.333 e. The molecule has 27 heavy (non-hydrogen) atoms. The average Bonchev–Trinajstić information content (AvgIpc) is 3.32. The van der Waals surface area contributed by atoms with Gasteiger partial charge in [-0.2, -0.15) is 5.10 Å². The van der Waals surface area contributed by atoms with E-state index in [2.05, 4.69) is 20.7 Å². The van der Waals surface area contributed by atoms with Crippen molar-refractivity contribution in [1.29, 1.82) is 0 Å². The molecule has 0 radical (unpaired) electrons. The molecule has 0 aliphatic carbocycles. The molecule has 138 valence electrons. The molecule has 0 spiro atoms. The van der Waals surface area contributed by atoms with Crippen molar-refractivity contribution in [3.8, 4) is 11.4 Å². The summed E-state index contributed by atoms with van der Waals surface area (Å²) in [6, 6.07) is 9.00. The second-order valence-corrected chi connectivity index (χ2v) is 6.42. The molecule has 0 aliphatic rings. The van der Waals surface area contributed by atoms with Crippen molar-refractivity contribution in [2.45, 2.75) is 13.1 Å². The Labute approximate surface area is 157 Å². The Morgan fingerprint density at radius 3 is 2.85 bits per heavy atom. The molecule has 0 fully saturated rings. The lowest BCUT2D eigenvalue weighted by Gasteiger charge is -2.05. The van der Waals surface area contributed by atoms with E-state index >= 15 is 0 Å². The number of imide groups is 1. The number of carbonyl (C=O) groups excluding carboxylic acids is 2. The number of hydrogen-bond donors (Lipinski definition) is 2. The summed E-state index contributed by atoms with van der Waals surface area (Å²) in [5.74, 6) is -0.317. The van der Waals surface area contributed by atoms with Crippen LogP contribution >= 0.6 is 11.3 Å². The van der Waals surface area contributed by atoms with Gasteiger partial charge < -0.3 is 5.32 Å². The van der Waals surface area contributed by atoms with Crippen LogP contribution < -0.4 is 10.6 Å². The third-order valence-electron chi connectivity index (χ3n) is 3.41. The van der Waals surface area contributed by atoms with Crippen molar-refractivity contribution < 1.29 is 14.5 Å². The predicted molar refractivity (Wildman–Crippen MR) is 96.8 cm³/mol. The zero-order chi connectivity index (χ0) is 19.2. The number of aromatic nitrogens is 3. The molecule has 0 saturated carbocycles. The second-order valence-electron chi connectivity index (χ2n) is 5.38. The summed E-state index contributed by atoms with van der Waals surface area (Å²) >= 11 is 1.50. The molecule has 3 rings (SSSR count). The van der Waals surface area contributed by atoms with Gasteiger partial charge in [0.25, 0.3) is 5.69 Å². The minimum atomic E-state index is -0.604. The number of nitro groups is 1. The van der Waals surface area contributed by atoms with E-state index in [4.69, 9.17) is 0 Å². The monoisotopic (exact) mass is 386 g/mol. The lowest BCUT2D eigenvalue weighted by atomic mass is 10.2. The minimum Gasteiger partial charge on any atom is -0.333 e. The van der Waals surface area contributed by atoms with Crippen LogP contribution in [0.15, 0.2) is 48.1 Å². The maximum absolute atomic E-state index is 11.9. The van der Waals surface area contributed by atoms with Gasteiger partial charge in [-0.1, -0.05) is 18.2 Å². The molecule has 0 bridgehead atoms. The van der Waals surface area contributed by atoms with Gasteiger partial charge in [-0.3, -0.25) is 20.2 Å². The molecular formula is C16H14N6O4S. The van der Waals surface area contributed by atoms with E-state index in [9.17, 15) is 19.7 Å². The van der Waals surface area contributed by atoms with Crippen LogP contribution in [0.2, 0.25) is 0 Å². The van der Waals surface area contributed by atoms with Crippen molar-refractivity contribution in [2.75, 3.05) is 0 Å². The molecule has 3 amide bonds. The molecule has 2 N–H and O–H groups in total. The smallest absolute Gasteiger partial charge is 0.321 e. The van der Waals surface area contributed by atoms with Gasteiger partial charge in [0.05, 0.1) is 11.5 Å². The number of thiophene rings is 1. The first-order valence-corrected chi connectivity index (χ1v) is 8.63. The number of nitro benzene ring substituents is 1. The fourth-order valence-electron chi connectivity index (χ4n) is 2.20. The normalized spacial score (nSPS) is 10.4. The van der Waals surface area contributed by atoms with E-state index in [1.807, 2.05) is 17.5 Å². The highest BCUT2D eigenvalue weighted by atomic mass is 32.1. The quantitative estimate of drug-likeness (QED) is 0.491. The van der Waals surface area contributed by atoms with Gasteiger partial charge in [-0.05, 0) is 11.4 Å². The Morgan fingerprint density at radius 1 is 1.26 bits per heavy atom. The number of nitrogens with one attached hydrogen (secondary N) is 2. The van der Waals surface area contributed by atoms with E-state index in [-0.39, 0.29) is 18.1 Å². The van der Waals surface area contributed by atoms with Gasteiger partial charge in [0.2, 0.25) is 5.91 Å². The van der Waals surface area contributed by atoms with Gasteiger partial charge in [0.15, 0.2) is 5.82 Å². The number of hydrogen-bond acceptors (Lipinski definition) is 7. The number of carbonyl (C=O) groups is 2. The Kier molecular flexibility index (Phi) is 5.52. The highest BCUT2D eigenvalue weighted by Gasteiger charge is 2.13. The molecule has 3 aromatic rings. The van der Waals surface area contributed by atoms with Gasteiger partial charge in [0, 0.05) is 22.6 Å². The SMILES string of the molecule is O=C(Cn1cnc(-c2cccc([N+](=O)[O-])c2)n1)NC(=O)NCc1cccs1. The van der Waals surface area contributed by atoms with Crippen LogP contribution in [0.3, 0.4) is 0 Å². The summed E-state index contributed by atoms with van der Waals surface area (Å²) in [6.07, 6.45) is 1.32. The number of non-ortho nitro benzene ring substituents is 1. The van der Waals surface area contributed by atoms with Crippen molar-refractivity contribution in [3.63, 3.8) is 0 Å². The predicted octanol–water partition coefficient (Wildman–Crippen LogP) is 1.94. The van der Waals surface area contributed by atoms with Crippen molar-refractivity contribution in [1.82, 2.24) is 25.4 Å². The van der Waals surface area contributed by atoms with E-state index in [0.717, 1.165) is 4.88 Å². The molecule has 10 nitrogen and oxygen atoms in total. The van der Waals surface area contributed by atoms with E-state index in [1.165, 1.54) is 40.5 Å². The zero-order valence-corrected chi connectivity index (χ0v) is 14.7. The fraction of sp³-hybridized carbons (Fsp3) is 0.125. The summed E-state index contributed by atoms with van der Waals surface area (Å²) in [7, 11) is 0. The topological polar surface area (TPSA) is 132 Å². The van der Waals surface area contributed by atoms with Crippen molar-refractivity contribution in [3.05, 3.63) is 63.1 Å². The molecule has 2 heterocycles. The molecule has 0 saturated heterocycles. The van der Waals surface area contributed by atoms with E-state index < -0.39 is 16.9 Å². The number of urea groups is 1. The Bertz CT molecular complexity index is 969. The number of nitrogens with zero attached hydrogens (tertiary/aromatic N) is 4. The third kappa shape index (κ3) is 4.95. The van der Waals surface area contributed by atoms with Crippen molar-refractivity contribution >= 4 is 29.0 Å². The van der Waals surface area contributed by atoms with Crippen LogP contribution in [-0.2, 0) is 17.9 Å². The number of benzene rings is 1. The lowest BCUT2D eigenvalue weighted by molar-refractivity contribution is -0.384. The maximum atomic E-state index is 11.9. The van der Waals surface area contributed by atoms with Crippen LogP contribution in [0.4, 0.5) is 10.5 Å². The summed E-state index contributed by atoms with van der Waals surface area (Å²) < 4.78 is 1.25. The Hall–Kier alpha value is -3.60. The highest BCUT2D eigenvalue weighted by molar-refractivity contribution is 7.09. The van der Waals surface area contributed by atoms with Crippen LogP contribution in [-0.4, -0.2) is 31.6 Å². The first-order chi connectivity index (χ1) is 13.0. The van der Waals surface area contributed by atoms with Gasteiger partial charge in [-0.25, -0.2) is 14.5 Å².